The monoisotopic (exact) mass is 200 g/mol. The number of hydrogen-bond acceptors (Lipinski definition) is 2. The van der Waals surface area contributed by atoms with Crippen molar-refractivity contribution in [3.8, 4) is 0 Å². The molecule has 0 aromatic heterocycles. The van der Waals surface area contributed by atoms with Crippen molar-refractivity contribution in [2.24, 2.45) is 5.73 Å². The van der Waals surface area contributed by atoms with E-state index in [1.54, 1.807) is 4.90 Å². The molecule has 0 aromatic rings. The van der Waals surface area contributed by atoms with Gasteiger partial charge in [0.15, 0.2) is 0 Å². The highest BCUT2D eigenvalue weighted by Crippen LogP contribution is 2.06. The third kappa shape index (κ3) is 3.51. The molecule has 0 unspecified atom stereocenters. The fourth-order valence-corrected chi connectivity index (χ4v) is 1.39. The van der Waals surface area contributed by atoms with Crippen molar-refractivity contribution < 1.29 is 9.59 Å². The van der Waals surface area contributed by atoms with Gasteiger partial charge in [0, 0.05) is 26.2 Å². The molecule has 0 aliphatic carbocycles. The lowest BCUT2D eigenvalue weighted by Gasteiger charge is -2.15. The van der Waals surface area contributed by atoms with Gasteiger partial charge in [0.2, 0.25) is 0 Å². The third-order valence-corrected chi connectivity index (χ3v) is 2.09. The zero-order chi connectivity index (χ0) is 10.4. The maximum atomic E-state index is 11.4. The number of urea groups is 2. The molecule has 6 nitrogen and oxygen atoms in total. The number of likely N-dealkylation sites (tertiary alicyclic amines) is 1. The normalized spacial score (nSPS) is 15.3. The Morgan fingerprint density at radius 3 is 2.29 bits per heavy atom. The van der Waals surface area contributed by atoms with Crippen molar-refractivity contribution >= 4 is 12.1 Å². The molecule has 1 saturated heterocycles. The minimum Gasteiger partial charge on any atom is -0.352 e. The first-order valence-electron chi connectivity index (χ1n) is 4.76. The van der Waals surface area contributed by atoms with Crippen LogP contribution < -0.4 is 16.4 Å². The van der Waals surface area contributed by atoms with Crippen LogP contribution in [-0.2, 0) is 0 Å². The number of nitrogens with one attached hydrogen (secondary N) is 2. The molecule has 14 heavy (non-hydrogen) atoms. The molecule has 80 valence electrons. The van der Waals surface area contributed by atoms with Crippen LogP contribution in [0.3, 0.4) is 0 Å². The number of amides is 4. The van der Waals surface area contributed by atoms with Crippen molar-refractivity contribution in [3.05, 3.63) is 0 Å². The van der Waals surface area contributed by atoms with Crippen LogP contribution in [0.1, 0.15) is 12.8 Å². The predicted molar refractivity (Wildman–Crippen MR) is 51.8 cm³/mol. The Hall–Kier alpha value is -1.46. The number of hydrogen-bond donors (Lipinski definition) is 3. The molecule has 6 heteroatoms. The van der Waals surface area contributed by atoms with Crippen LogP contribution in [0.15, 0.2) is 0 Å². The molecule has 1 heterocycles. The lowest BCUT2D eigenvalue weighted by molar-refractivity contribution is 0.208. The Bertz CT molecular complexity index is 213. The molecular formula is C8H16N4O2. The third-order valence-electron chi connectivity index (χ3n) is 2.09. The highest BCUT2D eigenvalue weighted by Gasteiger charge is 2.16. The SMILES string of the molecule is NC(=O)NCCNC(=O)N1CCCC1. The van der Waals surface area contributed by atoms with Crippen LogP contribution in [-0.4, -0.2) is 43.1 Å². The van der Waals surface area contributed by atoms with Crippen LogP contribution in [0.25, 0.3) is 0 Å². The number of carbonyl (C=O) groups excluding carboxylic acids is 2. The molecule has 0 aromatic carbocycles. The largest absolute Gasteiger partial charge is 0.352 e. The van der Waals surface area contributed by atoms with Gasteiger partial charge in [-0.3, -0.25) is 0 Å². The number of primary amides is 1. The molecule has 0 radical (unpaired) electrons. The zero-order valence-electron chi connectivity index (χ0n) is 8.08. The number of nitrogens with zero attached hydrogens (tertiary/aromatic N) is 1. The van der Waals surface area contributed by atoms with E-state index in [0.29, 0.717) is 13.1 Å². The minimum atomic E-state index is -0.569. The zero-order valence-corrected chi connectivity index (χ0v) is 8.08. The molecular weight excluding hydrogens is 184 g/mol. The van der Waals surface area contributed by atoms with Gasteiger partial charge in [0.25, 0.3) is 0 Å². The van der Waals surface area contributed by atoms with E-state index in [1.165, 1.54) is 0 Å². The predicted octanol–water partition coefficient (Wildman–Crippen LogP) is -0.540. The topological polar surface area (TPSA) is 87.5 Å². The van der Waals surface area contributed by atoms with Crippen LogP contribution in [0.2, 0.25) is 0 Å². The van der Waals surface area contributed by atoms with Crippen LogP contribution in [0, 0.1) is 0 Å². The molecule has 0 spiro atoms. The summed E-state index contributed by atoms with van der Waals surface area (Å²) < 4.78 is 0. The molecule has 1 aliphatic rings. The first-order valence-corrected chi connectivity index (χ1v) is 4.76. The van der Waals surface area contributed by atoms with Gasteiger partial charge in [0.05, 0.1) is 0 Å². The lowest BCUT2D eigenvalue weighted by Crippen LogP contribution is -2.42. The van der Waals surface area contributed by atoms with E-state index >= 15 is 0 Å². The average molecular weight is 200 g/mol. The van der Waals surface area contributed by atoms with E-state index < -0.39 is 6.03 Å². The molecule has 0 bridgehead atoms. The molecule has 4 amide bonds. The summed E-state index contributed by atoms with van der Waals surface area (Å²) >= 11 is 0. The summed E-state index contributed by atoms with van der Waals surface area (Å²) in [6.45, 7) is 2.44. The highest BCUT2D eigenvalue weighted by molar-refractivity contribution is 5.74. The number of carbonyl (C=O) groups is 2. The van der Waals surface area contributed by atoms with Crippen LogP contribution >= 0.6 is 0 Å². The van der Waals surface area contributed by atoms with Gasteiger partial charge in [-0.15, -0.1) is 0 Å². The fourth-order valence-electron chi connectivity index (χ4n) is 1.39. The van der Waals surface area contributed by atoms with Gasteiger partial charge >= 0.3 is 12.1 Å². The average Bonchev–Trinajstić information content (AvgIpc) is 2.64. The van der Waals surface area contributed by atoms with Gasteiger partial charge in [-0.1, -0.05) is 0 Å². The second-order valence-corrected chi connectivity index (χ2v) is 3.22. The maximum absolute atomic E-state index is 11.4. The van der Waals surface area contributed by atoms with Gasteiger partial charge in [-0.05, 0) is 12.8 Å². The second-order valence-electron chi connectivity index (χ2n) is 3.22. The van der Waals surface area contributed by atoms with E-state index in [2.05, 4.69) is 10.6 Å². The molecule has 0 atom stereocenters. The van der Waals surface area contributed by atoms with Crippen molar-refractivity contribution in [1.82, 2.24) is 15.5 Å². The van der Waals surface area contributed by atoms with Crippen molar-refractivity contribution in [2.75, 3.05) is 26.2 Å². The highest BCUT2D eigenvalue weighted by atomic mass is 16.2. The summed E-state index contributed by atoms with van der Waals surface area (Å²) in [5, 5.41) is 5.09. The first-order chi connectivity index (χ1) is 6.70. The molecule has 1 rings (SSSR count). The standard InChI is InChI=1S/C8H16N4O2/c9-7(13)10-3-4-11-8(14)12-5-1-2-6-12/h1-6H2,(H,11,14)(H3,9,10,13). The number of rotatable bonds is 3. The van der Waals surface area contributed by atoms with E-state index in [4.69, 9.17) is 5.73 Å². The molecule has 1 fully saturated rings. The molecule has 1 aliphatic heterocycles. The smallest absolute Gasteiger partial charge is 0.317 e. The Balaban J connectivity index is 2.05. The Kier molecular flexibility index (Phi) is 4.03. The fraction of sp³-hybridized carbons (Fsp3) is 0.750. The van der Waals surface area contributed by atoms with E-state index in [9.17, 15) is 9.59 Å². The van der Waals surface area contributed by atoms with Gasteiger partial charge in [-0.25, -0.2) is 9.59 Å². The van der Waals surface area contributed by atoms with E-state index in [0.717, 1.165) is 25.9 Å². The summed E-state index contributed by atoms with van der Waals surface area (Å²) in [5.41, 5.74) is 4.86. The molecule has 4 N–H and O–H groups in total. The van der Waals surface area contributed by atoms with Crippen LogP contribution in [0.5, 0.6) is 0 Å². The summed E-state index contributed by atoms with van der Waals surface area (Å²) in [5.74, 6) is 0. The minimum absolute atomic E-state index is 0.0613. The quantitative estimate of drug-likeness (QED) is 0.534. The Morgan fingerprint density at radius 1 is 1.14 bits per heavy atom. The van der Waals surface area contributed by atoms with Crippen LogP contribution in [0.4, 0.5) is 9.59 Å². The Labute approximate surface area is 82.8 Å². The summed E-state index contributed by atoms with van der Waals surface area (Å²) in [6.07, 6.45) is 2.15. The summed E-state index contributed by atoms with van der Waals surface area (Å²) in [4.78, 5) is 23.4. The Morgan fingerprint density at radius 2 is 1.71 bits per heavy atom. The van der Waals surface area contributed by atoms with Crippen molar-refractivity contribution in [2.45, 2.75) is 12.8 Å². The summed E-state index contributed by atoms with van der Waals surface area (Å²) in [6, 6.07) is -0.630. The van der Waals surface area contributed by atoms with E-state index in [1.807, 2.05) is 0 Å². The van der Waals surface area contributed by atoms with Gasteiger partial charge in [-0.2, -0.15) is 0 Å². The maximum Gasteiger partial charge on any atom is 0.317 e. The lowest BCUT2D eigenvalue weighted by atomic mass is 10.4. The second kappa shape index (κ2) is 5.31. The van der Waals surface area contributed by atoms with Gasteiger partial charge < -0.3 is 21.3 Å². The first kappa shape index (κ1) is 10.6. The number of nitrogens with two attached hydrogens (primary N) is 1. The summed E-state index contributed by atoms with van der Waals surface area (Å²) in [7, 11) is 0. The van der Waals surface area contributed by atoms with E-state index in [-0.39, 0.29) is 6.03 Å². The molecule has 0 saturated carbocycles. The van der Waals surface area contributed by atoms with Crippen molar-refractivity contribution in [3.63, 3.8) is 0 Å². The van der Waals surface area contributed by atoms with Gasteiger partial charge in [0.1, 0.15) is 0 Å². The van der Waals surface area contributed by atoms with Crippen molar-refractivity contribution in [1.29, 1.82) is 0 Å².